The second kappa shape index (κ2) is 6.30. The summed E-state index contributed by atoms with van der Waals surface area (Å²) in [5, 5.41) is 0. The number of benzene rings is 1. The van der Waals surface area contributed by atoms with Crippen molar-refractivity contribution >= 4 is 21.8 Å². The van der Waals surface area contributed by atoms with Crippen molar-refractivity contribution in [3.63, 3.8) is 0 Å². The number of rotatable bonds is 3. The lowest BCUT2D eigenvalue weighted by atomic mass is 9.74. The van der Waals surface area contributed by atoms with Crippen molar-refractivity contribution in [3.05, 3.63) is 33.8 Å². The molecule has 0 N–H and O–H groups in total. The number of hydrogen-bond acceptors (Lipinski definition) is 1. The highest BCUT2D eigenvalue weighted by Gasteiger charge is 2.33. The maximum atomic E-state index is 12.6. The Bertz CT molecular complexity index is 464. The van der Waals surface area contributed by atoms with Crippen LogP contribution in [0.4, 0.5) is 0 Å². The lowest BCUT2D eigenvalue weighted by Crippen LogP contribution is -2.42. The molecule has 1 heterocycles. The standard InChI is InChI=1S/C17H24BrNO/c1-4-17(5-2)6-8-19(9-7-17)16(20)14-10-13(3)11-15(18)12-14/h10-12H,4-9H2,1-3H3. The molecule has 2 nitrogen and oxygen atoms in total. The van der Waals surface area contributed by atoms with Gasteiger partial charge in [0, 0.05) is 23.1 Å². The fourth-order valence-corrected chi connectivity index (χ4v) is 3.79. The molecule has 1 aromatic rings. The Balaban J connectivity index is 2.08. The number of halogens is 1. The van der Waals surface area contributed by atoms with Gasteiger partial charge in [-0.25, -0.2) is 0 Å². The average Bonchev–Trinajstić information content (AvgIpc) is 2.45. The summed E-state index contributed by atoms with van der Waals surface area (Å²) in [6.45, 7) is 8.37. The summed E-state index contributed by atoms with van der Waals surface area (Å²) in [6, 6.07) is 5.94. The van der Waals surface area contributed by atoms with Gasteiger partial charge in [0.1, 0.15) is 0 Å². The Labute approximate surface area is 130 Å². The van der Waals surface area contributed by atoms with Crippen LogP contribution in [0.1, 0.15) is 55.5 Å². The van der Waals surface area contributed by atoms with E-state index in [9.17, 15) is 4.79 Å². The third kappa shape index (κ3) is 3.25. The lowest BCUT2D eigenvalue weighted by molar-refractivity contribution is 0.0557. The van der Waals surface area contributed by atoms with Crippen LogP contribution in [-0.2, 0) is 0 Å². The van der Waals surface area contributed by atoms with E-state index in [-0.39, 0.29) is 5.91 Å². The van der Waals surface area contributed by atoms with Crippen LogP contribution < -0.4 is 0 Å². The number of carbonyl (C=O) groups is 1. The van der Waals surface area contributed by atoms with Crippen LogP contribution in [0.15, 0.2) is 22.7 Å². The number of likely N-dealkylation sites (tertiary alicyclic amines) is 1. The van der Waals surface area contributed by atoms with Crippen LogP contribution in [0.3, 0.4) is 0 Å². The Kier molecular flexibility index (Phi) is 4.90. The van der Waals surface area contributed by atoms with Gasteiger partial charge in [0.2, 0.25) is 0 Å². The molecule has 0 saturated carbocycles. The van der Waals surface area contributed by atoms with E-state index in [0.717, 1.165) is 41.5 Å². The fraction of sp³-hybridized carbons (Fsp3) is 0.588. The molecular formula is C17H24BrNO. The van der Waals surface area contributed by atoms with Crippen molar-refractivity contribution in [2.45, 2.75) is 46.5 Å². The molecule has 0 aliphatic carbocycles. The summed E-state index contributed by atoms with van der Waals surface area (Å²) in [5.74, 6) is 0.176. The number of piperidine rings is 1. The van der Waals surface area contributed by atoms with Crippen LogP contribution in [0, 0.1) is 12.3 Å². The van der Waals surface area contributed by atoms with Gasteiger partial charge in [0.15, 0.2) is 0 Å². The molecule has 1 aromatic carbocycles. The Morgan fingerprint density at radius 2 is 1.80 bits per heavy atom. The van der Waals surface area contributed by atoms with Gasteiger partial charge < -0.3 is 4.90 Å². The molecule has 0 aromatic heterocycles. The number of amides is 1. The summed E-state index contributed by atoms with van der Waals surface area (Å²) >= 11 is 3.48. The van der Waals surface area contributed by atoms with E-state index in [4.69, 9.17) is 0 Å². The van der Waals surface area contributed by atoms with Crippen molar-refractivity contribution in [1.29, 1.82) is 0 Å². The molecule has 0 atom stereocenters. The van der Waals surface area contributed by atoms with Crippen molar-refractivity contribution in [3.8, 4) is 0 Å². The third-order valence-corrected chi connectivity index (χ3v) is 5.36. The molecule has 1 aliphatic rings. The molecule has 2 rings (SSSR count). The summed E-state index contributed by atoms with van der Waals surface area (Å²) in [6.07, 6.45) is 4.72. The molecule has 1 fully saturated rings. The van der Waals surface area contributed by atoms with E-state index in [1.807, 2.05) is 30.0 Å². The van der Waals surface area contributed by atoms with Gasteiger partial charge >= 0.3 is 0 Å². The number of carbonyl (C=O) groups excluding carboxylic acids is 1. The third-order valence-electron chi connectivity index (χ3n) is 4.90. The number of hydrogen-bond donors (Lipinski definition) is 0. The van der Waals surface area contributed by atoms with Crippen molar-refractivity contribution < 1.29 is 4.79 Å². The van der Waals surface area contributed by atoms with E-state index >= 15 is 0 Å². The minimum Gasteiger partial charge on any atom is -0.339 e. The molecule has 0 radical (unpaired) electrons. The van der Waals surface area contributed by atoms with Gasteiger partial charge in [0.25, 0.3) is 5.91 Å². The molecule has 1 saturated heterocycles. The predicted molar refractivity (Wildman–Crippen MR) is 87.0 cm³/mol. The highest BCUT2D eigenvalue weighted by molar-refractivity contribution is 9.10. The summed E-state index contributed by atoms with van der Waals surface area (Å²) in [7, 11) is 0. The monoisotopic (exact) mass is 337 g/mol. The summed E-state index contributed by atoms with van der Waals surface area (Å²) in [5.41, 5.74) is 2.39. The molecular weight excluding hydrogens is 314 g/mol. The van der Waals surface area contributed by atoms with Crippen LogP contribution in [-0.4, -0.2) is 23.9 Å². The fourth-order valence-electron chi connectivity index (χ4n) is 3.18. The minimum atomic E-state index is 0.176. The van der Waals surface area contributed by atoms with Crippen molar-refractivity contribution in [2.75, 3.05) is 13.1 Å². The first-order valence-corrected chi connectivity index (χ1v) is 8.35. The molecule has 0 bridgehead atoms. The van der Waals surface area contributed by atoms with Gasteiger partial charge in [-0.3, -0.25) is 4.79 Å². The first-order valence-electron chi connectivity index (χ1n) is 7.56. The second-order valence-corrected chi connectivity index (χ2v) is 6.93. The van der Waals surface area contributed by atoms with E-state index in [1.54, 1.807) is 0 Å². The number of nitrogens with zero attached hydrogens (tertiary/aromatic N) is 1. The highest BCUT2D eigenvalue weighted by Crippen LogP contribution is 2.38. The largest absolute Gasteiger partial charge is 0.339 e. The summed E-state index contributed by atoms with van der Waals surface area (Å²) in [4.78, 5) is 14.6. The normalized spacial score (nSPS) is 18.1. The first-order chi connectivity index (χ1) is 9.49. The minimum absolute atomic E-state index is 0.176. The topological polar surface area (TPSA) is 20.3 Å². The molecule has 1 amide bonds. The Hall–Kier alpha value is -0.830. The van der Waals surface area contributed by atoms with E-state index < -0.39 is 0 Å². The zero-order valence-electron chi connectivity index (χ0n) is 12.7. The second-order valence-electron chi connectivity index (χ2n) is 6.02. The van der Waals surface area contributed by atoms with Gasteiger partial charge in [0.05, 0.1) is 0 Å². The van der Waals surface area contributed by atoms with Gasteiger partial charge in [-0.2, -0.15) is 0 Å². The van der Waals surface area contributed by atoms with E-state index in [2.05, 4.69) is 29.8 Å². The zero-order chi connectivity index (χ0) is 14.8. The van der Waals surface area contributed by atoms with Crippen molar-refractivity contribution in [2.24, 2.45) is 5.41 Å². The Morgan fingerprint density at radius 1 is 1.20 bits per heavy atom. The van der Waals surface area contributed by atoms with Crippen LogP contribution in [0.25, 0.3) is 0 Å². The predicted octanol–water partition coefficient (Wildman–Crippen LogP) is 4.80. The van der Waals surface area contributed by atoms with Gasteiger partial charge in [-0.15, -0.1) is 0 Å². The molecule has 0 spiro atoms. The molecule has 110 valence electrons. The van der Waals surface area contributed by atoms with Crippen LogP contribution in [0.2, 0.25) is 0 Å². The van der Waals surface area contributed by atoms with Crippen molar-refractivity contribution in [1.82, 2.24) is 4.90 Å². The van der Waals surface area contributed by atoms with E-state index in [0.29, 0.717) is 5.41 Å². The maximum Gasteiger partial charge on any atom is 0.253 e. The smallest absolute Gasteiger partial charge is 0.253 e. The average molecular weight is 338 g/mol. The highest BCUT2D eigenvalue weighted by atomic mass is 79.9. The summed E-state index contributed by atoms with van der Waals surface area (Å²) < 4.78 is 0.981. The number of aryl methyl sites for hydroxylation is 1. The molecule has 3 heteroatoms. The zero-order valence-corrected chi connectivity index (χ0v) is 14.3. The maximum absolute atomic E-state index is 12.6. The first kappa shape index (κ1) is 15.6. The van der Waals surface area contributed by atoms with Crippen LogP contribution in [0.5, 0.6) is 0 Å². The lowest BCUT2D eigenvalue weighted by Gasteiger charge is -2.41. The van der Waals surface area contributed by atoms with Gasteiger partial charge in [-0.1, -0.05) is 42.6 Å². The van der Waals surface area contributed by atoms with Gasteiger partial charge in [-0.05, 0) is 48.9 Å². The SMILES string of the molecule is CCC1(CC)CCN(C(=O)c2cc(C)cc(Br)c2)CC1. The quantitative estimate of drug-likeness (QED) is 0.775. The molecule has 20 heavy (non-hydrogen) atoms. The molecule has 1 aliphatic heterocycles. The van der Waals surface area contributed by atoms with E-state index in [1.165, 1.54) is 12.8 Å². The Morgan fingerprint density at radius 3 is 2.30 bits per heavy atom. The molecule has 0 unspecified atom stereocenters. The van der Waals surface area contributed by atoms with Crippen LogP contribution >= 0.6 is 15.9 Å².